The van der Waals surface area contributed by atoms with E-state index in [1.807, 2.05) is 49.4 Å². The number of allylic oxidation sites excluding steroid dienone is 2. The Morgan fingerprint density at radius 1 is 1.19 bits per heavy atom. The maximum atomic E-state index is 12.9. The van der Waals surface area contributed by atoms with Crippen LogP contribution in [0.15, 0.2) is 54.6 Å². The number of benzene rings is 2. The highest BCUT2D eigenvalue weighted by molar-refractivity contribution is 6.04. The lowest BCUT2D eigenvalue weighted by molar-refractivity contribution is 0.0843. The molecule has 1 atom stereocenters. The molecule has 1 aliphatic heterocycles. The van der Waals surface area contributed by atoms with E-state index in [9.17, 15) is 4.79 Å². The molecule has 0 saturated heterocycles. The van der Waals surface area contributed by atoms with E-state index >= 15 is 0 Å². The zero-order valence-corrected chi connectivity index (χ0v) is 15.2. The number of hydrogen-bond donors (Lipinski definition) is 0. The van der Waals surface area contributed by atoms with E-state index in [4.69, 9.17) is 14.2 Å². The minimum atomic E-state index is -0.343. The zero-order valence-electron chi connectivity index (χ0n) is 15.2. The van der Waals surface area contributed by atoms with Crippen LogP contribution in [-0.4, -0.2) is 20.0 Å². The Morgan fingerprint density at radius 3 is 2.50 bits per heavy atom. The standard InChI is InChI=1S/C22H22O4/c1-14(2)10-11-16-19(24-3)13-20(25-4)21-17(23)12-18(26-22(16)21)15-8-6-5-7-9-15/h5-11,13,18H,1,12H2,2-4H3. The molecule has 0 aromatic heterocycles. The summed E-state index contributed by atoms with van der Waals surface area (Å²) < 4.78 is 17.2. The van der Waals surface area contributed by atoms with Gasteiger partial charge in [0.2, 0.25) is 0 Å². The van der Waals surface area contributed by atoms with Crippen molar-refractivity contribution in [1.29, 1.82) is 0 Å². The molecular weight excluding hydrogens is 328 g/mol. The van der Waals surface area contributed by atoms with Crippen LogP contribution in [0.3, 0.4) is 0 Å². The third-order valence-corrected chi connectivity index (χ3v) is 4.30. The highest BCUT2D eigenvalue weighted by Crippen LogP contribution is 2.46. The fourth-order valence-electron chi connectivity index (χ4n) is 3.04. The summed E-state index contributed by atoms with van der Waals surface area (Å²) in [4.78, 5) is 12.9. The minimum Gasteiger partial charge on any atom is -0.496 e. The molecule has 0 radical (unpaired) electrons. The van der Waals surface area contributed by atoms with Gasteiger partial charge in [0.1, 0.15) is 28.9 Å². The molecule has 0 fully saturated rings. The van der Waals surface area contributed by atoms with E-state index in [1.165, 1.54) is 7.11 Å². The van der Waals surface area contributed by atoms with Crippen molar-refractivity contribution in [2.75, 3.05) is 14.2 Å². The lowest BCUT2D eigenvalue weighted by Gasteiger charge is -2.29. The summed E-state index contributed by atoms with van der Waals surface area (Å²) in [5.41, 5.74) is 3.02. The second-order valence-corrected chi connectivity index (χ2v) is 6.22. The predicted molar refractivity (Wildman–Crippen MR) is 102 cm³/mol. The van der Waals surface area contributed by atoms with Gasteiger partial charge in [0.25, 0.3) is 0 Å². The van der Waals surface area contributed by atoms with Crippen molar-refractivity contribution in [3.05, 3.63) is 71.3 Å². The van der Waals surface area contributed by atoms with Crippen LogP contribution < -0.4 is 14.2 Å². The Morgan fingerprint density at radius 2 is 1.88 bits per heavy atom. The molecule has 26 heavy (non-hydrogen) atoms. The summed E-state index contributed by atoms with van der Waals surface area (Å²) in [6, 6.07) is 11.5. The fraction of sp³-hybridized carbons (Fsp3) is 0.227. The number of ketones is 1. The van der Waals surface area contributed by atoms with E-state index in [0.29, 0.717) is 28.4 Å². The largest absolute Gasteiger partial charge is 0.496 e. The van der Waals surface area contributed by atoms with Crippen LogP contribution in [0.1, 0.15) is 40.9 Å². The number of rotatable bonds is 5. The monoisotopic (exact) mass is 350 g/mol. The Kier molecular flexibility index (Phi) is 5.12. The summed E-state index contributed by atoms with van der Waals surface area (Å²) >= 11 is 0. The summed E-state index contributed by atoms with van der Waals surface area (Å²) in [5.74, 6) is 1.52. The van der Waals surface area contributed by atoms with E-state index in [2.05, 4.69) is 6.58 Å². The molecule has 1 heterocycles. The minimum absolute atomic E-state index is 0.00965. The third kappa shape index (κ3) is 3.36. The van der Waals surface area contributed by atoms with Gasteiger partial charge in [0.15, 0.2) is 5.78 Å². The Hall–Kier alpha value is -3.01. The number of carbonyl (C=O) groups excluding carboxylic acids is 1. The van der Waals surface area contributed by atoms with E-state index in [-0.39, 0.29) is 18.3 Å². The summed E-state index contributed by atoms with van der Waals surface area (Å²) in [6.07, 6.45) is 3.65. The topological polar surface area (TPSA) is 44.8 Å². The molecule has 2 aromatic rings. The Bertz CT molecular complexity index is 865. The zero-order chi connectivity index (χ0) is 18.7. The smallest absolute Gasteiger partial charge is 0.174 e. The van der Waals surface area contributed by atoms with Crippen LogP contribution in [0.25, 0.3) is 6.08 Å². The first-order valence-electron chi connectivity index (χ1n) is 8.42. The van der Waals surface area contributed by atoms with Gasteiger partial charge in [-0.2, -0.15) is 0 Å². The van der Waals surface area contributed by atoms with E-state index < -0.39 is 0 Å². The van der Waals surface area contributed by atoms with Gasteiger partial charge in [-0.05, 0) is 18.6 Å². The first kappa shape index (κ1) is 17.8. The first-order valence-corrected chi connectivity index (χ1v) is 8.42. The van der Waals surface area contributed by atoms with Crippen LogP contribution in [0, 0.1) is 0 Å². The lowest BCUT2D eigenvalue weighted by atomic mass is 9.93. The van der Waals surface area contributed by atoms with Crippen molar-refractivity contribution in [3.63, 3.8) is 0 Å². The molecular formula is C22H22O4. The first-order chi connectivity index (χ1) is 12.5. The third-order valence-electron chi connectivity index (χ3n) is 4.30. The van der Waals surface area contributed by atoms with E-state index in [1.54, 1.807) is 13.2 Å². The van der Waals surface area contributed by atoms with Crippen molar-refractivity contribution in [2.24, 2.45) is 0 Å². The Balaban J connectivity index is 2.17. The number of Topliss-reactive ketones (excluding diaryl/α,β-unsaturated/α-hetero) is 1. The fourth-order valence-corrected chi connectivity index (χ4v) is 3.04. The molecule has 134 valence electrons. The van der Waals surface area contributed by atoms with Crippen molar-refractivity contribution in [3.8, 4) is 17.2 Å². The van der Waals surface area contributed by atoms with Gasteiger partial charge in [-0.1, -0.05) is 48.6 Å². The molecule has 2 aromatic carbocycles. The van der Waals surface area contributed by atoms with Gasteiger partial charge < -0.3 is 14.2 Å². The second kappa shape index (κ2) is 7.48. The van der Waals surface area contributed by atoms with Crippen LogP contribution in [0.4, 0.5) is 0 Å². The van der Waals surface area contributed by atoms with Crippen molar-refractivity contribution < 1.29 is 19.0 Å². The summed E-state index contributed by atoms with van der Waals surface area (Å²) in [5, 5.41) is 0. The van der Waals surface area contributed by atoms with Crippen molar-refractivity contribution in [1.82, 2.24) is 0 Å². The molecule has 4 nitrogen and oxygen atoms in total. The molecule has 0 bridgehead atoms. The molecule has 0 saturated carbocycles. The number of hydrogen-bond acceptors (Lipinski definition) is 4. The van der Waals surface area contributed by atoms with Crippen LogP contribution in [0.5, 0.6) is 17.2 Å². The van der Waals surface area contributed by atoms with Crippen LogP contribution >= 0.6 is 0 Å². The molecule has 0 amide bonds. The van der Waals surface area contributed by atoms with Gasteiger partial charge in [-0.15, -0.1) is 0 Å². The number of fused-ring (bicyclic) bond motifs is 1. The quantitative estimate of drug-likeness (QED) is 0.712. The second-order valence-electron chi connectivity index (χ2n) is 6.22. The predicted octanol–water partition coefficient (Wildman–Crippen LogP) is 5.00. The van der Waals surface area contributed by atoms with Crippen LogP contribution in [-0.2, 0) is 0 Å². The summed E-state index contributed by atoms with van der Waals surface area (Å²) in [6.45, 7) is 5.79. The number of carbonyl (C=O) groups is 1. The molecule has 4 heteroatoms. The molecule has 1 unspecified atom stereocenters. The van der Waals surface area contributed by atoms with Crippen molar-refractivity contribution >= 4 is 11.9 Å². The van der Waals surface area contributed by atoms with Gasteiger partial charge in [-0.25, -0.2) is 0 Å². The molecule has 3 rings (SSSR count). The highest BCUT2D eigenvalue weighted by Gasteiger charge is 2.33. The molecule has 0 N–H and O–H groups in total. The van der Waals surface area contributed by atoms with E-state index in [0.717, 1.165) is 11.1 Å². The molecule has 1 aliphatic rings. The maximum absolute atomic E-state index is 12.9. The highest BCUT2D eigenvalue weighted by atomic mass is 16.5. The van der Waals surface area contributed by atoms with Gasteiger partial charge in [0, 0.05) is 6.07 Å². The average Bonchev–Trinajstić information content (AvgIpc) is 2.65. The van der Waals surface area contributed by atoms with Gasteiger partial charge in [-0.3, -0.25) is 4.79 Å². The van der Waals surface area contributed by atoms with Gasteiger partial charge in [0.05, 0.1) is 26.2 Å². The SMILES string of the molecule is C=C(C)C=Cc1c(OC)cc(OC)c2c1OC(c1ccccc1)CC2=O. The average molecular weight is 350 g/mol. The molecule has 0 spiro atoms. The van der Waals surface area contributed by atoms with Crippen molar-refractivity contribution in [2.45, 2.75) is 19.4 Å². The molecule has 0 aliphatic carbocycles. The lowest BCUT2D eigenvalue weighted by Crippen LogP contribution is -2.22. The number of ether oxygens (including phenoxy) is 3. The van der Waals surface area contributed by atoms with Gasteiger partial charge >= 0.3 is 0 Å². The maximum Gasteiger partial charge on any atom is 0.174 e. The normalized spacial score (nSPS) is 16.1. The van der Waals surface area contributed by atoms with Crippen LogP contribution in [0.2, 0.25) is 0 Å². The number of methoxy groups -OCH3 is 2. The Labute approximate surface area is 153 Å². The summed E-state index contributed by atoms with van der Waals surface area (Å²) in [7, 11) is 3.12.